The fourth-order valence-electron chi connectivity index (χ4n) is 2.46. The second-order valence-corrected chi connectivity index (χ2v) is 7.15. The molecule has 1 amide bonds. The van der Waals surface area contributed by atoms with Gasteiger partial charge in [0.15, 0.2) is 0 Å². The molecule has 2 atom stereocenters. The highest BCUT2D eigenvalue weighted by Gasteiger charge is 2.29. The summed E-state index contributed by atoms with van der Waals surface area (Å²) < 4.78 is 14.8. The van der Waals surface area contributed by atoms with Gasteiger partial charge in [-0.05, 0) is 43.5 Å². The van der Waals surface area contributed by atoms with Gasteiger partial charge in [-0.3, -0.25) is 4.79 Å². The van der Waals surface area contributed by atoms with Gasteiger partial charge < -0.3 is 11.1 Å². The number of hydrogen-bond acceptors (Lipinski definition) is 3. The maximum atomic E-state index is 13.1. The Labute approximate surface area is 154 Å². The fourth-order valence-corrected chi connectivity index (χ4v) is 2.46. The maximum absolute atomic E-state index is 13.1. The molecule has 0 aliphatic heterocycles. The van der Waals surface area contributed by atoms with Crippen LogP contribution in [0.15, 0.2) is 30.5 Å². The molecule has 3 N–H and O–H groups in total. The molecule has 0 saturated carbocycles. The number of nitrogens with two attached hydrogens (primary N) is 1. The molecule has 1 heterocycles. The van der Waals surface area contributed by atoms with Crippen LogP contribution in [0.5, 0.6) is 0 Å². The van der Waals surface area contributed by atoms with Crippen molar-refractivity contribution >= 4 is 18.3 Å². The van der Waals surface area contributed by atoms with E-state index >= 15 is 0 Å². The molecule has 25 heavy (non-hydrogen) atoms. The van der Waals surface area contributed by atoms with Crippen molar-refractivity contribution in [1.82, 2.24) is 15.1 Å². The van der Waals surface area contributed by atoms with Gasteiger partial charge in [0.05, 0.1) is 24.0 Å². The zero-order valence-corrected chi connectivity index (χ0v) is 16.0. The number of aromatic nitrogens is 2. The van der Waals surface area contributed by atoms with Crippen LogP contribution in [0.2, 0.25) is 0 Å². The molecule has 7 heteroatoms. The number of amides is 1. The number of carbonyl (C=O) groups excluding carboxylic acids is 1. The Bertz CT molecular complexity index is 722. The highest BCUT2D eigenvalue weighted by Crippen LogP contribution is 2.22. The lowest BCUT2D eigenvalue weighted by atomic mass is 9.86. The summed E-state index contributed by atoms with van der Waals surface area (Å²) in [5.41, 5.74) is 8.25. The van der Waals surface area contributed by atoms with Gasteiger partial charge in [-0.1, -0.05) is 20.8 Å². The molecule has 138 valence electrons. The number of rotatable bonds is 4. The third kappa shape index (κ3) is 4.80. The molecule has 0 saturated heterocycles. The SMILES string of the molecule is Cc1c(C(C)NC(=O)[C@@H](N)C(C)(C)C)cnn1-c1ccc(F)cc1.Cl. The first kappa shape index (κ1) is 21.1. The van der Waals surface area contributed by atoms with Crippen molar-refractivity contribution in [2.24, 2.45) is 11.1 Å². The second kappa shape index (κ2) is 7.97. The topological polar surface area (TPSA) is 72.9 Å². The van der Waals surface area contributed by atoms with Gasteiger partial charge in [0, 0.05) is 11.3 Å². The molecule has 1 aromatic heterocycles. The fraction of sp³-hybridized carbons (Fsp3) is 0.444. The summed E-state index contributed by atoms with van der Waals surface area (Å²) in [6.07, 6.45) is 1.71. The van der Waals surface area contributed by atoms with E-state index in [1.807, 2.05) is 34.6 Å². The zero-order valence-electron chi connectivity index (χ0n) is 15.2. The molecule has 1 unspecified atom stereocenters. The van der Waals surface area contributed by atoms with E-state index in [1.165, 1.54) is 12.1 Å². The molecule has 0 bridgehead atoms. The van der Waals surface area contributed by atoms with Gasteiger partial charge in [0.25, 0.3) is 0 Å². The van der Waals surface area contributed by atoms with E-state index in [0.717, 1.165) is 16.9 Å². The Morgan fingerprint density at radius 1 is 1.28 bits per heavy atom. The van der Waals surface area contributed by atoms with Crippen LogP contribution in [0.25, 0.3) is 5.69 Å². The Morgan fingerprint density at radius 2 is 1.84 bits per heavy atom. The summed E-state index contributed by atoms with van der Waals surface area (Å²) in [6.45, 7) is 9.60. The molecule has 0 aliphatic carbocycles. The van der Waals surface area contributed by atoms with Gasteiger partial charge in [-0.25, -0.2) is 9.07 Å². The van der Waals surface area contributed by atoms with Crippen molar-refractivity contribution in [2.45, 2.75) is 46.7 Å². The third-order valence-electron chi connectivity index (χ3n) is 4.16. The lowest BCUT2D eigenvalue weighted by molar-refractivity contribution is -0.125. The minimum Gasteiger partial charge on any atom is -0.348 e. The number of nitrogens with zero attached hydrogens (tertiary/aromatic N) is 2. The van der Waals surface area contributed by atoms with Crippen molar-refractivity contribution in [1.29, 1.82) is 0 Å². The van der Waals surface area contributed by atoms with Crippen LogP contribution in [0, 0.1) is 18.2 Å². The standard InChI is InChI=1S/C18H25FN4O.ClH/c1-11(22-17(24)16(20)18(3,4)5)15-10-21-23(12(15)2)14-8-6-13(19)7-9-14;/h6-11,16H,20H2,1-5H3,(H,22,24);1H/t11?,16-;/m1./s1. The van der Waals surface area contributed by atoms with Crippen molar-refractivity contribution < 1.29 is 9.18 Å². The largest absolute Gasteiger partial charge is 0.348 e. The summed E-state index contributed by atoms with van der Waals surface area (Å²) in [5.74, 6) is -0.482. The summed E-state index contributed by atoms with van der Waals surface area (Å²) in [5, 5.41) is 7.29. The van der Waals surface area contributed by atoms with Crippen molar-refractivity contribution in [3.8, 4) is 5.69 Å². The molecule has 0 spiro atoms. The Morgan fingerprint density at radius 3 is 2.36 bits per heavy atom. The Hall–Kier alpha value is -1.92. The van der Waals surface area contributed by atoms with Crippen molar-refractivity contribution in [2.75, 3.05) is 0 Å². The van der Waals surface area contributed by atoms with Crippen molar-refractivity contribution in [3.63, 3.8) is 0 Å². The molecule has 0 aliphatic rings. The number of hydrogen-bond donors (Lipinski definition) is 2. The van der Waals surface area contributed by atoms with Crippen LogP contribution < -0.4 is 11.1 Å². The minimum absolute atomic E-state index is 0. The van der Waals surface area contributed by atoms with Gasteiger partial charge in [0.1, 0.15) is 5.82 Å². The van der Waals surface area contributed by atoms with Gasteiger partial charge in [0.2, 0.25) is 5.91 Å². The first-order valence-corrected chi connectivity index (χ1v) is 7.97. The van der Waals surface area contributed by atoms with E-state index in [2.05, 4.69) is 10.4 Å². The molecular weight excluding hydrogens is 343 g/mol. The van der Waals surface area contributed by atoms with Gasteiger partial charge in [-0.2, -0.15) is 5.10 Å². The predicted molar refractivity (Wildman–Crippen MR) is 99.5 cm³/mol. The smallest absolute Gasteiger partial charge is 0.237 e. The molecular formula is C18H26ClFN4O. The molecule has 0 fully saturated rings. The molecule has 0 radical (unpaired) electrons. The quantitative estimate of drug-likeness (QED) is 0.869. The highest BCUT2D eigenvalue weighted by molar-refractivity contribution is 5.85. The van der Waals surface area contributed by atoms with Crippen LogP contribution in [-0.4, -0.2) is 21.7 Å². The van der Waals surface area contributed by atoms with Crippen LogP contribution in [-0.2, 0) is 4.79 Å². The lowest BCUT2D eigenvalue weighted by Gasteiger charge is -2.27. The zero-order chi connectivity index (χ0) is 18.1. The highest BCUT2D eigenvalue weighted by atomic mass is 35.5. The first-order chi connectivity index (χ1) is 11.1. The van der Waals surface area contributed by atoms with E-state index in [9.17, 15) is 9.18 Å². The van der Waals surface area contributed by atoms with E-state index in [0.29, 0.717) is 0 Å². The number of benzene rings is 1. The average molecular weight is 369 g/mol. The lowest BCUT2D eigenvalue weighted by Crippen LogP contribution is -2.49. The average Bonchev–Trinajstić information content (AvgIpc) is 2.88. The molecule has 2 rings (SSSR count). The van der Waals surface area contributed by atoms with Crippen molar-refractivity contribution in [3.05, 3.63) is 47.5 Å². The normalized spacial score (nSPS) is 13.7. The molecule has 5 nitrogen and oxygen atoms in total. The van der Waals surface area contributed by atoms with E-state index < -0.39 is 6.04 Å². The Balaban J connectivity index is 0.00000312. The van der Waals surface area contributed by atoms with Crippen LogP contribution in [0.3, 0.4) is 0 Å². The van der Waals surface area contributed by atoms with Gasteiger partial charge in [-0.15, -0.1) is 12.4 Å². The second-order valence-electron chi connectivity index (χ2n) is 7.15. The molecule has 1 aromatic carbocycles. The summed E-state index contributed by atoms with van der Waals surface area (Å²) in [7, 11) is 0. The van der Waals surface area contributed by atoms with Crippen LogP contribution >= 0.6 is 12.4 Å². The van der Waals surface area contributed by atoms with Crippen LogP contribution in [0.1, 0.15) is 45.0 Å². The number of carbonyl (C=O) groups is 1. The molecule has 2 aromatic rings. The van der Waals surface area contributed by atoms with Crippen LogP contribution in [0.4, 0.5) is 4.39 Å². The Kier molecular flexibility index (Phi) is 6.74. The van der Waals surface area contributed by atoms with Gasteiger partial charge >= 0.3 is 0 Å². The number of halogens is 2. The predicted octanol–water partition coefficient (Wildman–Crippen LogP) is 3.29. The summed E-state index contributed by atoms with van der Waals surface area (Å²) in [4.78, 5) is 12.3. The van der Waals surface area contributed by atoms with E-state index in [1.54, 1.807) is 23.0 Å². The minimum atomic E-state index is -0.590. The van der Waals surface area contributed by atoms with E-state index in [-0.39, 0.29) is 35.6 Å². The summed E-state index contributed by atoms with van der Waals surface area (Å²) in [6, 6.07) is 5.30. The first-order valence-electron chi connectivity index (χ1n) is 7.97. The number of nitrogens with one attached hydrogen (secondary N) is 1. The monoisotopic (exact) mass is 368 g/mol. The summed E-state index contributed by atoms with van der Waals surface area (Å²) >= 11 is 0. The van der Waals surface area contributed by atoms with E-state index in [4.69, 9.17) is 5.73 Å². The third-order valence-corrected chi connectivity index (χ3v) is 4.16. The maximum Gasteiger partial charge on any atom is 0.237 e.